The molecule has 84 valence electrons. The van der Waals surface area contributed by atoms with Crippen molar-refractivity contribution in [3.8, 4) is 0 Å². The third-order valence-electron chi connectivity index (χ3n) is 2.42. The summed E-state index contributed by atoms with van der Waals surface area (Å²) >= 11 is 3.24. The Kier molecular flexibility index (Phi) is 3.10. The van der Waals surface area contributed by atoms with Gasteiger partial charge in [0.15, 0.2) is 0 Å². The van der Waals surface area contributed by atoms with E-state index < -0.39 is 0 Å². The van der Waals surface area contributed by atoms with Crippen LogP contribution in [-0.4, -0.2) is 11.5 Å². The number of aryl methyl sites for hydroxylation is 1. The molecule has 0 atom stereocenters. The highest BCUT2D eigenvalue weighted by atomic mass is 79.9. The molecule has 16 heavy (non-hydrogen) atoms. The number of hydrogen-bond donors (Lipinski definition) is 1. The van der Waals surface area contributed by atoms with Gasteiger partial charge in [-0.05, 0) is 53.5 Å². The summed E-state index contributed by atoms with van der Waals surface area (Å²) in [5, 5.41) is 3.95. The molecule has 1 N–H and O–H groups in total. The molecular formula is C12H12BrFN2. The zero-order valence-electron chi connectivity index (χ0n) is 9.14. The minimum absolute atomic E-state index is 0.247. The molecule has 2 rings (SSSR count). The topological polar surface area (TPSA) is 24.9 Å². The summed E-state index contributed by atoms with van der Waals surface area (Å²) in [4.78, 5) is 4.46. The van der Waals surface area contributed by atoms with E-state index in [0.717, 1.165) is 28.8 Å². The molecule has 0 amide bonds. The second-order valence-electron chi connectivity index (χ2n) is 3.61. The third kappa shape index (κ3) is 1.89. The highest BCUT2D eigenvalue weighted by Gasteiger charge is 2.09. The maximum atomic E-state index is 13.5. The average Bonchev–Trinajstić information content (AvgIpc) is 2.27. The van der Waals surface area contributed by atoms with Gasteiger partial charge in [-0.2, -0.15) is 0 Å². The number of benzene rings is 1. The fraction of sp³-hybridized carbons (Fsp3) is 0.250. The fourth-order valence-electron chi connectivity index (χ4n) is 1.67. The number of fused-ring (bicyclic) bond motifs is 1. The fourth-order valence-corrected chi connectivity index (χ4v) is 2.10. The van der Waals surface area contributed by atoms with E-state index in [1.54, 1.807) is 0 Å². The molecule has 1 aromatic carbocycles. The molecule has 0 aliphatic rings. The normalized spacial score (nSPS) is 10.8. The Morgan fingerprint density at radius 3 is 2.88 bits per heavy atom. The van der Waals surface area contributed by atoms with Crippen molar-refractivity contribution < 1.29 is 4.39 Å². The molecule has 4 heteroatoms. The molecular weight excluding hydrogens is 271 g/mol. The van der Waals surface area contributed by atoms with E-state index in [4.69, 9.17) is 0 Å². The largest absolute Gasteiger partial charge is 0.370 e. The molecule has 1 heterocycles. The van der Waals surface area contributed by atoms with Crippen molar-refractivity contribution in [3.63, 3.8) is 0 Å². The van der Waals surface area contributed by atoms with E-state index in [1.807, 2.05) is 26.0 Å². The Morgan fingerprint density at radius 2 is 2.19 bits per heavy atom. The van der Waals surface area contributed by atoms with Gasteiger partial charge in [0.2, 0.25) is 0 Å². The smallest absolute Gasteiger partial charge is 0.138 e. The number of nitrogens with one attached hydrogen (secondary N) is 1. The van der Waals surface area contributed by atoms with Gasteiger partial charge in [-0.3, -0.25) is 0 Å². The molecule has 0 radical (unpaired) electrons. The SMILES string of the molecule is CCNc1ccc2c(Br)c(F)cc(C)c2n1. The second-order valence-corrected chi connectivity index (χ2v) is 4.41. The third-order valence-corrected chi connectivity index (χ3v) is 3.22. The summed E-state index contributed by atoms with van der Waals surface area (Å²) in [7, 11) is 0. The summed E-state index contributed by atoms with van der Waals surface area (Å²) in [6.07, 6.45) is 0. The monoisotopic (exact) mass is 282 g/mol. The van der Waals surface area contributed by atoms with E-state index in [0.29, 0.717) is 4.47 Å². The quantitative estimate of drug-likeness (QED) is 0.904. The standard InChI is InChI=1S/C12H12BrFN2/c1-3-15-10-5-4-8-11(13)9(14)6-7(2)12(8)16-10/h4-6H,3H2,1-2H3,(H,15,16). The number of rotatable bonds is 2. The van der Waals surface area contributed by atoms with Crippen molar-refractivity contribution in [3.05, 3.63) is 34.1 Å². The van der Waals surface area contributed by atoms with Crippen LogP contribution in [-0.2, 0) is 0 Å². The molecule has 0 aliphatic carbocycles. The van der Waals surface area contributed by atoms with Gasteiger partial charge in [-0.15, -0.1) is 0 Å². The molecule has 0 aliphatic heterocycles. The number of aromatic nitrogens is 1. The minimum Gasteiger partial charge on any atom is -0.370 e. The highest BCUT2D eigenvalue weighted by Crippen LogP contribution is 2.29. The van der Waals surface area contributed by atoms with Crippen LogP contribution in [0.2, 0.25) is 0 Å². The zero-order valence-corrected chi connectivity index (χ0v) is 10.7. The van der Waals surface area contributed by atoms with Gasteiger partial charge >= 0.3 is 0 Å². The number of anilines is 1. The Balaban J connectivity index is 2.69. The zero-order chi connectivity index (χ0) is 11.7. The molecule has 0 spiro atoms. The highest BCUT2D eigenvalue weighted by molar-refractivity contribution is 9.10. The van der Waals surface area contributed by atoms with Crippen LogP contribution in [0.25, 0.3) is 10.9 Å². The lowest BCUT2D eigenvalue weighted by Crippen LogP contribution is -1.99. The van der Waals surface area contributed by atoms with E-state index in [-0.39, 0.29) is 5.82 Å². The molecule has 2 aromatic rings. The first-order valence-corrected chi connectivity index (χ1v) is 5.92. The van der Waals surface area contributed by atoms with Crippen LogP contribution in [0.15, 0.2) is 22.7 Å². The first-order chi connectivity index (χ1) is 7.63. The Morgan fingerprint density at radius 1 is 1.44 bits per heavy atom. The van der Waals surface area contributed by atoms with Gasteiger partial charge in [0.25, 0.3) is 0 Å². The minimum atomic E-state index is -0.247. The van der Waals surface area contributed by atoms with Crippen LogP contribution in [0.1, 0.15) is 12.5 Å². The number of halogens is 2. The Hall–Kier alpha value is -1.16. The van der Waals surface area contributed by atoms with Crippen LogP contribution >= 0.6 is 15.9 Å². The Labute approximate surface area is 102 Å². The van der Waals surface area contributed by atoms with Crippen LogP contribution in [0, 0.1) is 12.7 Å². The van der Waals surface area contributed by atoms with Crippen LogP contribution in [0.5, 0.6) is 0 Å². The summed E-state index contributed by atoms with van der Waals surface area (Å²) in [6.45, 7) is 4.69. The van der Waals surface area contributed by atoms with E-state index in [9.17, 15) is 4.39 Å². The van der Waals surface area contributed by atoms with Crippen molar-refractivity contribution in [2.24, 2.45) is 0 Å². The van der Waals surface area contributed by atoms with Crippen molar-refractivity contribution in [2.75, 3.05) is 11.9 Å². The van der Waals surface area contributed by atoms with Crippen molar-refractivity contribution in [1.82, 2.24) is 4.98 Å². The number of nitrogens with zero attached hydrogens (tertiary/aromatic N) is 1. The molecule has 1 aromatic heterocycles. The second kappa shape index (κ2) is 4.37. The maximum absolute atomic E-state index is 13.5. The maximum Gasteiger partial charge on any atom is 0.138 e. The lowest BCUT2D eigenvalue weighted by Gasteiger charge is -2.08. The Bertz CT molecular complexity index is 540. The first kappa shape index (κ1) is 11.3. The van der Waals surface area contributed by atoms with Crippen molar-refractivity contribution in [1.29, 1.82) is 0 Å². The average molecular weight is 283 g/mol. The number of hydrogen-bond acceptors (Lipinski definition) is 2. The van der Waals surface area contributed by atoms with E-state index in [1.165, 1.54) is 6.07 Å². The van der Waals surface area contributed by atoms with Crippen molar-refractivity contribution in [2.45, 2.75) is 13.8 Å². The summed E-state index contributed by atoms with van der Waals surface area (Å²) in [5.74, 6) is 0.569. The lowest BCUT2D eigenvalue weighted by molar-refractivity contribution is 0.622. The molecule has 0 fully saturated rings. The number of pyridine rings is 1. The van der Waals surface area contributed by atoms with E-state index in [2.05, 4.69) is 26.2 Å². The van der Waals surface area contributed by atoms with Gasteiger partial charge in [0.1, 0.15) is 11.6 Å². The molecule has 0 unspecified atom stereocenters. The van der Waals surface area contributed by atoms with Crippen LogP contribution < -0.4 is 5.32 Å². The first-order valence-electron chi connectivity index (χ1n) is 5.12. The van der Waals surface area contributed by atoms with Gasteiger partial charge < -0.3 is 5.32 Å². The lowest BCUT2D eigenvalue weighted by atomic mass is 10.1. The van der Waals surface area contributed by atoms with Gasteiger partial charge in [-0.1, -0.05) is 0 Å². The molecule has 2 nitrogen and oxygen atoms in total. The summed E-state index contributed by atoms with van der Waals surface area (Å²) in [6, 6.07) is 5.23. The van der Waals surface area contributed by atoms with Crippen LogP contribution in [0.4, 0.5) is 10.2 Å². The predicted octanol–water partition coefficient (Wildman–Crippen LogP) is 3.88. The van der Waals surface area contributed by atoms with Crippen molar-refractivity contribution >= 4 is 32.7 Å². The van der Waals surface area contributed by atoms with Gasteiger partial charge in [0, 0.05) is 11.9 Å². The van der Waals surface area contributed by atoms with E-state index >= 15 is 0 Å². The molecule has 0 saturated heterocycles. The van der Waals surface area contributed by atoms with Gasteiger partial charge in [-0.25, -0.2) is 9.37 Å². The summed E-state index contributed by atoms with van der Waals surface area (Å²) < 4.78 is 13.9. The molecule has 0 bridgehead atoms. The summed E-state index contributed by atoms with van der Waals surface area (Å²) in [5.41, 5.74) is 1.67. The predicted molar refractivity (Wildman–Crippen MR) is 68.3 cm³/mol. The molecule has 0 saturated carbocycles. The van der Waals surface area contributed by atoms with Crippen LogP contribution in [0.3, 0.4) is 0 Å². The van der Waals surface area contributed by atoms with Gasteiger partial charge in [0.05, 0.1) is 9.99 Å².